The number of nitrogens with zero attached hydrogens (tertiary/aromatic N) is 1. The van der Waals surface area contributed by atoms with Crippen molar-refractivity contribution in [2.24, 2.45) is 11.7 Å². The van der Waals surface area contributed by atoms with E-state index in [-0.39, 0.29) is 12.6 Å². The second-order valence-corrected chi connectivity index (χ2v) is 6.90. The molecule has 0 spiro atoms. The average Bonchev–Trinajstić information content (AvgIpc) is 2.16. The molecule has 1 aliphatic rings. The third-order valence-corrected chi connectivity index (χ3v) is 5.69. The summed E-state index contributed by atoms with van der Waals surface area (Å²) in [6.45, 7) is 2.49. The Bertz CT molecular complexity index is 308. The molecule has 1 aliphatic carbocycles. The first kappa shape index (κ1) is 13.9. The summed E-state index contributed by atoms with van der Waals surface area (Å²) in [6, 6.07) is 0. The lowest BCUT2D eigenvalue weighted by molar-refractivity contribution is 0.0366. The molecule has 0 amide bonds. The SMILES string of the molecule is CCC(CN)S(=O)(=O)N(C)CC1CC(O)C1. The molecule has 1 atom stereocenters. The van der Waals surface area contributed by atoms with Gasteiger partial charge in [0.25, 0.3) is 0 Å². The fraction of sp³-hybridized carbons (Fsp3) is 1.00. The minimum atomic E-state index is -3.26. The Hall–Kier alpha value is -0.170. The predicted octanol–water partition coefficient (Wildman–Crippen LogP) is -0.244. The van der Waals surface area contributed by atoms with Gasteiger partial charge in [0.15, 0.2) is 0 Å². The monoisotopic (exact) mass is 250 g/mol. The Balaban J connectivity index is 2.54. The van der Waals surface area contributed by atoms with Crippen LogP contribution in [0.2, 0.25) is 0 Å². The van der Waals surface area contributed by atoms with E-state index >= 15 is 0 Å². The summed E-state index contributed by atoms with van der Waals surface area (Å²) >= 11 is 0. The fourth-order valence-corrected chi connectivity index (χ4v) is 3.66. The molecule has 3 N–H and O–H groups in total. The maximum atomic E-state index is 12.0. The van der Waals surface area contributed by atoms with Crippen LogP contribution >= 0.6 is 0 Å². The minimum Gasteiger partial charge on any atom is -0.393 e. The Morgan fingerprint density at radius 2 is 2.06 bits per heavy atom. The highest BCUT2D eigenvalue weighted by molar-refractivity contribution is 7.89. The maximum Gasteiger partial charge on any atom is 0.217 e. The summed E-state index contributed by atoms with van der Waals surface area (Å²) in [5, 5.41) is 8.66. The third kappa shape index (κ3) is 2.94. The summed E-state index contributed by atoms with van der Waals surface area (Å²) in [4.78, 5) is 0. The van der Waals surface area contributed by atoms with Gasteiger partial charge in [0, 0.05) is 20.1 Å². The van der Waals surface area contributed by atoms with Crippen molar-refractivity contribution in [1.29, 1.82) is 0 Å². The number of nitrogens with two attached hydrogens (primary N) is 1. The van der Waals surface area contributed by atoms with E-state index in [0.29, 0.717) is 31.7 Å². The summed E-state index contributed by atoms with van der Waals surface area (Å²) in [5.41, 5.74) is 5.46. The smallest absolute Gasteiger partial charge is 0.217 e. The second-order valence-electron chi connectivity index (χ2n) is 4.58. The number of hydrogen-bond donors (Lipinski definition) is 2. The minimum absolute atomic E-state index is 0.163. The van der Waals surface area contributed by atoms with Crippen molar-refractivity contribution in [1.82, 2.24) is 4.31 Å². The zero-order valence-corrected chi connectivity index (χ0v) is 10.8. The van der Waals surface area contributed by atoms with E-state index in [2.05, 4.69) is 0 Å². The summed E-state index contributed by atoms with van der Waals surface area (Å²) in [5.74, 6) is 0.296. The Morgan fingerprint density at radius 1 is 1.50 bits per heavy atom. The van der Waals surface area contributed by atoms with Crippen LogP contribution < -0.4 is 5.73 Å². The summed E-state index contributed by atoms with van der Waals surface area (Å²) < 4.78 is 25.5. The van der Waals surface area contributed by atoms with E-state index < -0.39 is 15.3 Å². The standard InChI is InChI=1S/C10H22N2O3S/c1-3-10(6-11)16(14,15)12(2)7-8-4-9(13)5-8/h8-10,13H,3-7,11H2,1-2H3. The molecule has 0 aliphatic heterocycles. The van der Waals surface area contributed by atoms with Gasteiger partial charge < -0.3 is 10.8 Å². The van der Waals surface area contributed by atoms with Crippen LogP contribution in [0.3, 0.4) is 0 Å². The molecule has 5 nitrogen and oxygen atoms in total. The highest BCUT2D eigenvalue weighted by Gasteiger charge is 2.33. The van der Waals surface area contributed by atoms with Crippen molar-refractivity contribution < 1.29 is 13.5 Å². The molecule has 1 saturated carbocycles. The van der Waals surface area contributed by atoms with Gasteiger partial charge in [0.2, 0.25) is 10.0 Å². The van der Waals surface area contributed by atoms with Gasteiger partial charge in [0.1, 0.15) is 0 Å². The molecule has 1 unspecified atom stereocenters. The van der Waals surface area contributed by atoms with Crippen LogP contribution in [0, 0.1) is 5.92 Å². The van der Waals surface area contributed by atoms with Gasteiger partial charge in [-0.25, -0.2) is 12.7 Å². The van der Waals surface area contributed by atoms with E-state index in [0.717, 1.165) is 0 Å². The molecule has 1 rings (SSSR count). The maximum absolute atomic E-state index is 12.0. The first-order chi connectivity index (χ1) is 7.41. The van der Waals surface area contributed by atoms with Gasteiger partial charge in [-0.15, -0.1) is 0 Å². The summed E-state index contributed by atoms with van der Waals surface area (Å²) in [6.07, 6.45) is 1.72. The van der Waals surface area contributed by atoms with E-state index in [1.807, 2.05) is 6.92 Å². The number of hydrogen-bond acceptors (Lipinski definition) is 4. The predicted molar refractivity (Wildman–Crippen MR) is 63.4 cm³/mol. The average molecular weight is 250 g/mol. The van der Waals surface area contributed by atoms with Crippen molar-refractivity contribution in [2.75, 3.05) is 20.1 Å². The van der Waals surface area contributed by atoms with Crippen LogP contribution in [0.25, 0.3) is 0 Å². The first-order valence-corrected chi connectivity index (χ1v) is 7.25. The number of sulfonamides is 1. The zero-order chi connectivity index (χ0) is 12.3. The van der Waals surface area contributed by atoms with Gasteiger partial charge in [-0.05, 0) is 25.2 Å². The van der Waals surface area contributed by atoms with Gasteiger partial charge in [-0.2, -0.15) is 0 Å². The van der Waals surface area contributed by atoms with Crippen LogP contribution in [0.5, 0.6) is 0 Å². The lowest BCUT2D eigenvalue weighted by Gasteiger charge is -2.35. The molecular weight excluding hydrogens is 228 g/mol. The zero-order valence-electron chi connectivity index (χ0n) is 9.96. The number of aliphatic hydroxyl groups is 1. The molecule has 0 saturated heterocycles. The molecule has 0 aromatic heterocycles. The molecule has 0 aromatic carbocycles. The molecule has 16 heavy (non-hydrogen) atoms. The van der Waals surface area contributed by atoms with Crippen LogP contribution in [0.15, 0.2) is 0 Å². The first-order valence-electron chi connectivity index (χ1n) is 5.75. The Morgan fingerprint density at radius 3 is 2.44 bits per heavy atom. The van der Waals surface area contributed by atoms with Gasteiger partial charge in [0.05, 0.1) is 11.4 Å². The van der Waals surface area contributed by atoms with E-state index in [1.54, 1.807) is 7.05 Å². The van der Waals surface area contributed by atoms with Crippen molar-refractivity contribution in [3.63, 3.8) is 0 Å². The van der Waals surface area contributed by atoms with E-state index in [4.69, 9.17) is 10.8 Å². The molecular formula is C10H22N2O3S. The Kier molecular flexibility index (Phi) is 4.73. The van der Waals surface area contributed by atoms with Crippen molar-refractivity contribution in [2.45, 2.75) is 37.5 Å². The molecule has 0 bridgehead atoms. The number of rotatable bonds is 6. The van der Waals surface area contributed by atoms with E-state index in [9.17, 15) is 8.42 Å². The lowest BCUT2D eigenvalue weighted by Crippen LogP contribution is -2.44. The van der Waals surface area contributed by atoms with Crippen LogP contribution in [-0.4, -0.2) is 49.3 Å². The second kappa shape index (κ2) is 5.44. The lowest BCUT2D eigenvalue weighted by atomic mass is 9.82. The van der Waals surface area contributed by atoms with Crippen LogP contribution in [0.1, 0.15) is 26.2 Å². The van der Waals surface area contributed by atoms with Gasteiger partial charge >= 0.3 is 0 Å². The van der Waals surface area contributed by atoms with Crippen molar-refractivity contribution in [3.8, 4) is 0 Å². The molecule has 0 radical (unpaired) electrons. The fourth-order valence-electron chi connectivity index (χ4n) is 2.07. The number of aliphatic hydroxyl groups excluding tert-OH is 1. The van der Waals surface area contributed by atoms with Crippen LogP contribution in [0.4, 0.5) is 0 Å². The highest BCUT2D eigenvalue weighted by Crippen LogP contribution is 2.28. The van der Waals surface area contributed by atoms with Crippen molar-refractivity contribution >= 4 is 10.0 Å². The highest BCUT2D eigenvalue weighted by atomic mass is 32.2. The normalized spacial score (nSPS) is 27.8. The molecule has 1 fully saturated rings. The quantitative estimate of drug-likeness (QED) is 0.681. The third-order valence-electron chi connectivity index (χ3n) is 3.30. The largest absolute Gasteiger partial charge is 0.393 e. The van der Waals surface area contributed by atoms with Crippen molar-refractivity contribution in [3.05, 3.63) is 0 Å². The molecule has 96 valence electrons. The summed E-state index contributed by atoms with van der Waals surface area (Å²) in [7, 11) is -1.67. The molecule has 6 heteroatoms. The van der Waals surface area contributed by atoms with Gasteiger partial charge in [-0.3, -0.25) is 0 Å². The molecule has 0 heterocycles. The van der Waals surface area contributed by atoms with Gasteiger partial charge in [-0.1, -0.05) is 6.92 Å². The Labute approximate surface area is 97.7 Å². The molecule has 0 aromatic rings. The topological polar surface area (TPSA) is 83.6 Å². The van der Waals surface area contributed by atoms with E-state index in [1.165, 1.54) is 4.31 Å². The van der Waals surface area contributed by atoms with Crippen LogP contribution in [-0.2, 0) is 10.0 Å².